The SMILES string of the molecule is O=Cc1cccn(CC2CCCO2)c1=O. The number of carbonyl (C=O) groups excluding carboxylic acids is 1. The Bertz CT molecular complexity index is 405. The highest BCUT2D eigenvalue weighted by molar-refractivity contribution is 5.73. The molecule has 1 unspecified atom stereocenters. The second-order valence-electron chi connectivity index (χ2n) is 3.67. The van der Waals surface area contributed by atoms with Crippen LogP contribution in [0.4, 0.5) is 0 Å². The first-order valence-corrected chi connectivity index (χ1v) is 5.07. The highest BCUT2D eigenvalue weighted by Gasteiger charge is 2.16. The third-order valence-electron chi connectivity index (χ3n) is 2.60. The summed E-state index contributed by atoms with van der Waals surface area (Å²) >= 11 is 0. The zero-order chi connectivity index (χ0) is 10.7. The van der Waals surface area contributed by atoms with E-state index in [9.17, 15) is 9.59 Å². The highest BCUT2D eigenvalue weighted by Crippen LogP contribution is 2.12. The largest absolute Gasteiger partial charge is 0.376 e. The van der Waals surface area contributed by atoms with E-state index in [1.54, 1.807) is 16.8 Å². The van der Waals surface area contributed by atoms with Crippen LogP contribution in [0.25, 0.3) is 0 Å². The summed E-state index contributed by atoms with van der Waals surface area (Å²) in [7, 11) is 0. The summed E-state index contributed by atoms with van der Waals surface area (Å²) in [5.41, 5.74) is -0.0292. The van der Waals surface area contributed by atoms with Crippen LogP contribution < -0.4 is 5.56 Å². The summed E-state index contributed by atoms with van der Waals surface area (Å²) in [5, 5.41) is 0. The normalized spacial score (nSPS) is 20.4. The maximum Gasteiger partial charge on any atom is 0.261 e. The minimum Gasteiger partial charge on any atom is -0.376 e. The predicted octanol–water partition coefficient (Wildman–Crippen LogP) is 0.840. The Morgan fingerprint density at radius 2 is 2.47 bits per heavy atom. The van der Waals surface area contributed by atoms with E-state index in [2.05, 4.69) is 0 Å². The van der Waals surface area contributed by atoms with Gasteiger partial charge in [-0.3, -0.25) is 9.59 Å². The van der Waals surface area contributed by atoms with Crippen LogP contribution in [0.2, 0.25) is 0 Å². The van der Waals surface area contributed by atoms with E-state index < -0.39 is 0 Å². The van der Waals surface area contributed by atoms with Crippen LogP contribution in [0, 0.1) is 0 Å². The van der Waals surface area contributed by atoms with Crippen molar-refractivity contribution >= 4 is 6.29 Å². The Hall–Kier alpha value is -1.42. The van der Waals surface area contributed by atoms with Crippen molar-refractivity contribution in [3.8, 4) is 0 Å². The molecule has 0 amide bonds. The molecule has 0 bridgehead atoms. The summed E-state index contributed by atoms with van der Waals surface area (Å²) < 4.78 is 6.98. The molecule has 1 fully saturated rings. The van der Waals surface area contributed by atoms with Crippen molar-refractivity contribution in [1.82, 2.24) is 4.57 Å². The first kappa shape index (κ1) is 10.1. The molecule has 1 aliphatic heterocycles. The maximum absolute atomic E-state index is 11.7. The summed E-state index contributed by atoms with van der Waals surface area (Å²) in [4.78, 5) is 22.2. The molecule has 0 aromatic carbocycles. The second kappa shape index (κ2) is 4.40. The number of aromatic nitrogens is 1. The zero-order valence-corrected chi connectivity index (χ0v) is 8.39. The van der Waals surface area contributed by atoms with Crippen LogP contribution in [-0.2, 0) is 11.3 Å². The van der Waals surface area contributed by atoms with Gasteiger partial charge in [-0.05, 0) is 25.0 Å². The summed E-state index contributed by atoms with van der Waals surface area (Å²) in [6, 6.07) is 3.24. The molecule has 1 aliphatic rings. The van der Waals surface area contributed by atoms with Crippen LogP contribution in [0.15, 0.2) is 23.1 Å². The van der Waals surface area contributed by atoms with Crippen LogP contribution in [0.5, 0.6) is 0 Å². The molecular formula is C11H13NO3. The van der Waals surface area contributed by atoms with E-state index in [4.69, 9.17) is 4.74 Å². The molecule has 2 rings (SSSR count). The van der Waals surface area contributed by atoms with Gasteiger partial charge in [-0.2, -0.15) is 0 Å². The summed E-state index contributed by atoms with van der Waals surface area (Å²) in [6.45, 7) is 1.31. The maximum atomic E-state index is 11.7. The molecule has 15 heavy (non-hydrogen) atoms. The quantitative estimate of drug-likeness (QED) is 0.690. The Morgan fingerprint density at radius 1 is 1.60 bits per heavy atom. The van der Waals surface area contributed by atoms with E-state index in [1.807, 2.05) is 0 Å². The monoisotopic (exact) mass is 207 g/mol. The fourth-order valence-corrected chi connectivity index (χ4v) is 1.80. The van der Waals surface area contributed by atoms with Crippen molar-refractivity contribution in [2.45, 2.75) is 25.5 Å². The van der Waals surface area contributed by atoms with Crippen LogP contribution in [-0.4, -0.2) is 23.6 Å². The van der Waals surface area contributed by atoms with E-state index in [-0.39, 0.29) is 17.2 Å². The van der Waals surface area contributed by atoms with Crippen molar-refractivity contribution in [2.75, 3.05) is 6.61 Å². The Kier molecular flexibility index (Phi) is 2.97. The van der Waals surface area contributed by atoms with Crippen LogP contribution in [0.3, 0.4) is 0 Å². The Balaban J connectivity index is 2.20. The van der Waals surface area contributed by atoms with Crippen molar-refractivity contribution < 1.29 is 9.53 Å². The summed E-state index contributed by atoms with van der Waals surface area (Å²) in [5.74, 6) is 0. The summed E-state index contributed by atoms with van der Waals surface area (Å²) in [6.07, 6.45) is 4.43. The molecule has 1 aromatic heterocycles. The van der Waals surface area contributed by atoms with Crippen molar-refractivity contribution in [3.63, 3.8) is 0 Å². The van der Waals surface area contributed by atoms with E-state index in [0.29, 0.717) is 12.8 Å². The van der Waals surface area contributed by atoms with Crippen LogP contribution in [0.1, 0.15) is 23.2 Å². The van der Waals surface area contributed by atoms with Crippen molar-refractivity contribution in [1.29, 1.82) is 0 Å². The molecule has 1 atom stereocenters. The number of pyridine rings is 1. The lowest BCUT2D eigenvalue weighted by atomic mass is 10.2. The molecule has 0 radical (unpaired) electrons. The van der Waals surface area contributed by atoms with Gasteiger partial charge in [0.05, 0.1) is 18.2 Å². The average Bonchev–Trinajstić information content (AvgIpc) is 2.74. The first-order chi connectivity index (χ1) is 7.31. The minimum atomic E-state index is -0.233. The first-order valence-electron chi connectivity index (χ1n) is 5.07. The molecule has 0 aliphatic carbocycles. The molecule has 1 aromatic rings. The van der Waals surface area contributed by atoms with Crippen molar-refractivity contribution in [3.05, 3.63) is 34.2 Å². The number of hydrogen-bond donors (Lipinski definition) is 0. The minimum absolute atomic E-state index is 0.115. The molecule has 4 nitrogen and oxygen atoms in total. The number of aldehydes is 1. The van der Waals surface area contributed by atoms with Gasteiger partial charge in [-0.25, -0.2) is 0 Å². The van der Waals surface area contributed by atoms with Gasteiger partial charge in [-0.1, -0.05) is 0 Å². The predicted molar refractivity (Wildman–Crippen MR) is 55.1 cm³/mol. The van der Waals surface area contributed by atoms with Gasteiger partial charge >= 0.3 is 0 Å². The van der Waals surface area contributed by atoms with Crippen LogP contribution >= 0.6 is 0 Å². The smallest absolute Gasteiger partial charge is 0.261 e. The lowest BCUT2D eigenvalue weighted by Crippen LogP contribution is -2.27. The lowest BCUT2D eigenvalue weighted by molar-refractivity contribution is 0.0958. The third-order valence-corrected chi connectivity index (χ3v) is 2.60. The standard InChI is InChI=1S/C11H13NO3/c13-8-9-3-1-5-12(11(9)14)7-10-4-2-6-15-10/h1,3,5,8,10H,2,4,6-7H2. The third kappa shape index (κ3) is 2.15. The molecule has 80 valence electrons. The van der Waals surface area contributed by atoms with Gasteiger partial charge in [0.2, 0.25) is 0 Å². The number of hydrogen-bond acceptors (Lipinski definition) is 3. The number of nitrogens with zero attached hydrogens (tertiary/aromatic N) is 1. The fraction of sp³-hybridized carbons (Fsp3) is 0.455. The number of rotatable bonds is 3. The van der Waals surface area contributed by atoms with Gasteiger partial charge < -0.3 is 9.30 Å². The topological polar surface area (TPSA) is 48.3 Å². The number of carbonyl (C=O) groups is 1. The molecule has 1 saturated heterocycles. The van der Waals surface area contributed by atoms with Gasteiger partial charge in [0.15, 0.2) is 6.29 Å². The van der Waals surface area contributed by atoms with E-state index in [1.165, 1.54) is 6.07 Å². The van der Waals surface area contributed by atoms with Gasteiger partial charge in [0.1, 0.15) is 0 Å². The zero-order valence-electron chi connectivity index (χ0n) is 8.39. The lowest BCUT2D eigenvalue weighted by Gasteiger charge is -2.11. The highest BCUT2D eigenvalue weighted by atomic mass is 16.5. The average molecular weight is 207 g/mol. The fourth-order valence-electron chi connectivity index (χ4n) is 1.80. The second-order valence-corrected chi connectivity index (χ2v) is 3.67. The van der Waals surface area contributed by atoms with E-state index in [0.717, 1.165) is 19.4 Å². The number of ether oxygens (including phenoxy) is 1. The molecule has 2 heterocycles. The van der Waals surface area contributed by atoms with Gasteiger partial charge in [0.25, 0.3) is 5.56 Å². The van der Waals surface area contributed by atoms with Gasteiger partial charge in [0, 0.05) is 12.8 Å². The Labute approximate surface area is 87.5 Å². The molecular weight excluding hydrogens is 194 g/mol. The molecule has 0 spiro atoms. The molecule has 0 N–H and O–H groups in total. The van der Waals surface area contributed by atoms with E-state index >= 15 is 0 Å². The van der Waals surface area contributed by atoms with Gasteiger partial charge in [-0.15, -0.1) is 0 Å². The van der Waals surface area contributed by atoms with Crippen molar-refractivity contribution in [2.24, 2.45) is 0 Å². The molecule has 0 saturated carbocycles. The molecule has 4 heteroatoms. The Morgan fingerprint density at radius 3 is 3.13 bits per heavy atom.